The summed E-state index contributed by atoms with van der Waals surface area (Å²) in [7, 11) is -3.92. The number of carbonyl (C=O) groups is 6. The third-order valence-electron chi connectivity index (χ3n) is 10.3. The first-order valence-electron chi connectivity index (χ1n) is 17.9. The summed E-state index contributed by atoms with van der Waals surface area (Å²) in [5.74, 6) is -5.08. The highest BCUT2D eigenvalue weighted by Crippen LogP contribution is 2.57. The molecule has 1 N–H and O–H groups in total. The van der Waals surface area contributed by atoms with Gasteiger partial charge in [0.1, 0.15) is 17.5 Å². The van der Waals surface area contributed by atoms with Crippen molar-refractivity contribution in [2.45, 2.75) is 115 Å². The standard InChI is InChI=1S/C38H48FN3O10S/c1-7-25-17-38(25,35(47)40-53(49,50)27-12-13-27)18-32(44)30-16-26(51-36(48)41-19-24-9-8-10-29(39)28(24)21-41)20-42(30)34(46)23(11-14-31(43)22(2)3)15-33(45)52-37(4,5)6/h7-10,23,25-27,30H,1-2,11-21H2,3-6H3,(H,40,47)/t23-,25-,26?,30?,38-/m1/s1. The summed E-state index contributed by atoms with van der Waals surface area (Å²) >= 11 is 0. The number of esters is 1. The molecule has 1 aromatic rings. The van der Waals surface area contributed by atoms with Crippen molar-refractivity contribution in [1.82, 2.24) is 14.5 Å². The Morgan fingerprint density at radius 1 is 1.13 bits per heavy atom. The van der Waals surface area contributed by atoms with Gasteiger partial charge in [-0.15, -0.1) is 6.58 Å². The van der Waals surface area contributed by atoms with Crippen molar-refractivity contribution in [2.75, 3.05) is 6.54 Å². The number of sulfonamides is 1. The van der Waals surface area contributed by atoms with Crippen molar-refractivity contribution in [2.24, 2.45) is 17.3 Å². The van der Waals surface area contributed by atoms with Crippen LogP contribution in [0.25, 0.3) is 0 Å². The third-order valence-corrected chi connectivity index (χ3v) is 12.1. The summed E-state index contributed by atoms with van der Waals surface area (Å²) in [6, 6.07) is 3.33. The molecular formula is C38H48FN3O10S. The van der Waals surface area contributed by atoms with E-state index in [9.17, 15) is 41.6 Å². The summed E-state index contributed by atoms with van der Waals surface area (Å²) in [5.41, 5.74) is -1.01. The number of fused-ring (bicyclic) bond motifs is 1. The second kappa shape index (κ2) is 15.2. The van der Waals surface area contributed by atoms with Crippen LogP contribution in [0.4, 0.5) is 9.18 Å². The van der Waals surface area contributed by atoms with E-state index in [-0.39, 0.29) is 56.7 Å². The van der Waals surface area contributed by atoms with E-state index in [1.54, 1.807) is 32.9 Å². The molecule has 2 saturated carbocycles. The fourth-order valence-corrected chi connectivity index (χ4v) is 8.50. The lowest BCUT2D eigenvalue weighted by molar-refractivity contribution is -0.159. The summed E-state index contributed by atoms with van der Waals surface area (Å²) in [4.78, 5) is 83.5. The molecule has 288 valence electrons. The fraction of sp³-hybridized carbons (Fsp3) is 0.579. The Morgan fingerprint density at radius 2 is 1.83 bits per heavy atom. The maximum atomic E-state index is 14.4. The lowest BCUT2D eigenvalue weighted by atomic mass is 9.90. The third kappa shape index (κ3) is 9.22. The highest BCUT2D eigenvalue weighted by atomic mass is 32.2. The van der Waals surface area contributed by atoms with Crippen LogP contribution in [0.15, 0.2) is 43.0 Å². The van der Waals surface area contributed by atoms with E-state index in [2.05, 4.69) is 17.9 Å². The van der Waals surface area contributed by atoms with Crippen molar-refractivity contribution in [3.63, 3.8) is 0 Å². The van der Waals surface area contributed by atoms with Gasteiger partial charge in [0.2, 0.25) is 21.8 Å². The number of allylic oxidation sites excluding steroid dienone is 2. The molecule has 13 nitrogen and oxygen atoms in total. The fourth-order valence-electron chi connectivity index (χ4n) is 7.12. The molecule has 15 heteroatoms. The molecule has 53 heavy (non-hydrogen) atoms. The molecule has 1 aromatic carbocycles. The summed E-state index contributed by atoms with van der Waals surface area (Å²) in [6.07, 6.45) is -0.390. The van der Waals surface area contributed by atoms with Crippen molar-refractivity contribution in [3.8, 4) is 0 Å². The number of benzene rings is 1. The van der Waals surface area contributed by atoms with E-state index in [4.69, 9.17) is 9.47 Å². The Hall–Kier alpha value is -4.40. The van der Waals surface area contributed by atoms with Gasteiger partial charge in [-0.05, 0) is 76.5 Å². The van der Waals surface area contributed by atoms with Crippen LogP contribution >= 0.6 is 0 Å². The molecule has 0 bridgehead atoms. The number of Topliss-reactive ketones (excluding diaryl/α,β-unsaturated/α-hetero) is 2. The first-order valence-corrected chi connectivity index (χ1v) is 19.4. The lowest BCUT2D eigenvalue weighted by Crippen LogP contribution is -2.46. The molecule has 4 aliphatic rings. The van der Waals surface area contributed by atoms with Gasteiger partial charge >= 0.3 is 12.1 Å². The van der Waals surface area contributed by atoms with Gasteiger partial charge in [-0.1, -0.05) is 24.8 Å². The van der Waals surface area contributed by atoms with E-state index in [1.165, 1.54) is 28.9 Å². The molecule has 2 aliphatic carbocycles. The van der Waals surface area contributed by atoms with Gasteiger partial charge in [-0.3, -0.25) is 33.6 Å². The van der Waals surface area contributed by atoms with Gasteiger partial charge in [0.15, 0.2) is 11.6 Å². The Kier molecular flexibility index (Phi) is 11.4. The molecule has 0 radical (unpaired) electrons. The van der Waals surface area contributed by atoms with Crippen LogP contribution in [0.5, 0.6) is 0 Å². The second-order valence-corrected chi connectivity index (χ2v) is 17.7. The summed E-state index contributed by atoms with van der Waals surface area (Å²) < 4.78 is 53.2. The smallest absolute Gasteiger partial charge is 0.410 e. The summed E-state index contributed by atoms with van der Waals surface area (Å²) in [6.45, 7) is 13.8. The van der Waals surface area contributed by atoms with Gasteiger partial charge in [-0.2, -0.15) is 0 Å². The van der Waals surface area contributed by atoms with E-state index in [1.807, 2.05) is 0 Å². The van der Waals surface area contributed by atoms with Crippen molar-refractivity contribution < 1.29 is 51.0 Å². The molecule has 2 heterocycles. The minimum atomic E-state index is -3.92. The first kappa shape index (κ1) is 39.8. The molecule has 5 atom stereocenters. The second-order valence-electron chi connectivity index (χ2n) is 15.7. The number of halogens is 1. The predicted molar refractivity (Wildman–Crippen MR) is 189 cm³/mol. The maximum Gasteiger partial charge on any atom is 0.410 e. The van der Waals surface area contributed by atoms with Gasteiger partial charge in [-0.25, -0.2) is 17.6 Å². The molecule has 0 aromatic heterocycles. The maximum absolute atomic E-state index is 14.4. The monoisotopic (exact) mass is 757 g/mol. The number of nitrogens with zero attached hydrogens (tertiary/aromatic N) is 2. The molecule has 2 aliphatic heterocycles. The Bertz CT molecular complexity index is 1830. The average molecular weight is 758 g/mol. The minimum absolute atomic E-state index is 0.0301. The Labute approximate surface area is 309 Å². The molecule has 1 saturated heterocycles. The van der Waals surface area contributed by atoms with Crippen LogP contribution < -0.4 is 4.72 Å². The van der Waals surface area contributed by atoms with E-state index >= 15 is 0 Å². The van der Waals surface area contributed by atoms with Gasteiger partial charge < -0.3 is 14.4 Å². The van der Waals surface area contributed by atoms with Crippen molar-refractivity contribution in [3.05, 3.63) is 60.0 Å². The van der Waals surface area contributed by atoms with Gasteiger partial charge in [0, 0.05) is 37.3 Å². The Balaban J connectivity index is 1.39. The van der Waals surface area contributed by atoms with Crippen molar-refractivity contribution in [1.29, 1.82) is 0 Å². The molecule has 3 fully saturated rings. The predicted octanol–water partition coefficient (Wildman–Crippen LogP) is 4.28. The van der Waals surface area contributed by atoms with Crippen LogP contribution in [0.1, 0.15) is 90.2 Å². The number of likely N-dealkylation sites (tertiary alicyclic amines) is 1. The lowest BCUT2D eigenvalue weighted by Gasteiger charge is -2.29. The zero-order valence-corrected chi connectivity index (χ0v) is 31.5. The number of carbonyl (C=O) groups excluding carboxylic acids is 6. The minimum Gasteiger partial charge on any atom is -0.460 e. The number of ether oxygens (including phenoxy) is 2. The zero-order valence-electron chi connectivity index (χ0n) is 30.7. The van der Waals surface area contributed by atoms with Crippen LogP contribution in [-0.2, 0) is 56.6 Å². The molecule has 2 unspecified atom stereocenters. The first-order chi connectivity index (χ1) is 24.7. The van der Waals surface area contributed by atoms with Crippen LogP contribution in [-0.4, -0.2) is 83.2 Å². The zero-order chi connectivity index (χ0) is 39.0. The van der Waals surface area contributed by atoms with E-state index in [0.717, 1.165) is 0 Å². The largest absolute Gasteiger partial charge is 0.460 e. The SMILES string of the molecule is C=C[C@@H]1C[C@]1(CC(=O)C1CC(OC(=O)N2Cc3cccc(F)c3C2)CN1C(=O)[C@H](CCC(=O)C(=C)C)CC(=O)OC(C)(C)C)C(=O)NS(=O)(=O)C1CC1. The molecular weight excluding hydrogens is 709 g/mol. The number of nitrogens with one attached hydrogen (secondary N) is 1. The topological polar surface area (TPSA) is 174 Å². The number of hydrogen-bond donors (Lipinski definition) is 1. The number of ketones is 2. The number of amides is 3. The summed E-state index contributed by atoms with van der Waals surface area (Å²) in [5, 5.41) is -0.669. The van der Waals surface area contributed by atoms with Gasteiger partial charge in [0.25, 0.3) is 0 Å². The van der Waals surface area contributed by atoms with Crippen molar-refractivity contribution >= 4 is 45.5 Å². The molecule has 5 rings (SSSR count). The van der Waals surface area contributed by atoms with Crippen LogP contribution in [0, 0.1) is 23.1 Å². The highest BCUT2D eigenvalue weighted by Gasteiger charge is 2.61. The molecule has 3 amide bonds. The van der Waals surface area contributed by atoms with E-state index in [0.29, 0.717) is 24.0 Å². The average Bonchev–Trinajstić information content (AvgIpc) is 3.96. The quantitative estimate of drug-likeness (QED) is 0.155. The van der Waals surface area contributed by atoms with E-state index < -0.39 is 98.6 Å². The van der Waals surface area contributed by atoms with Crippen LogP contribution in [0.2, 0.25) is 0 Å². The van der Waals surface area contributed by atoms with Crippen LogP contribution in [0.3, 0.4) is 0 Å². The molecule has 0 spiro atoms. The number of hydrogen-bond acceptors (Lipinski definition) is 10. The highest BCUT2D eigenvalue weighted by molar-refractivity contribution is 7.90. The normalized spacial score (nSPS) is 24.1. The van der Waals surface area contributed by atoms with Gasteiger partial charge in [0.05, 0.1) is 36.2 Å². The Morgan fingerprint density at radius 3 is 2.42 bits per heavy atom. The number of rotatable bonds is 15.